The molecule has 2 aromatic carbocycles. The Morgan fingerprint density at radius 1 is 0.755 bits per heavy atom. The lowest BCUT2D eigenvalue weighted by Crippen LogP contribution is -2.58. The van der Waals surface area contributed by atoms with Crippen LogP contribution in [0.25, 0.3) is 11.3 Å². The van der Waals surface area contributed by atoms with Crippen molar-refractivity contribution >= 4 is 40.8 Å². The van der Waals surface area contributed by atoms with Crippen molar-refractivity contribution in [2.45, 2.75) is 37.4 Å². The van der Waals surface area contributed by atoms with Gasteiger partial charge in [0.15, 0.2) is 5.82 Å². The second-order valence-electron chi connectivity index (χ2n) is 15.0. The van der Waals surface area contributed by atoms with Gasteiger partial charge in [0.25, 0.3) is 11.8 Å². The number of aromatic nitrogens is 2. The zero-order chi connectivity index (χ0) is 36.2. The maximum atomic E-state index is 13.3. The third kappa shape index (κ3) is 6.25. The number of aromatic hydroxyl groups is 1. The summed E-state index contributed by atoms with van der Waals surface area (Å²) in [6.45, 7) is 11.5. The first-order valence-corrected chi connectivity index (χ1v) is 18.8. The van der Waals surface area contributed by atoms with Crippen LogP contribution in [0.5, 0.6) is 5.75 Å². The maximum absolute atomic E-state index is 13.3. The SMILES string of the molecule is O=C1CCC(N2C(=O)c3ccc(N4CCN(C5CCN(CCN6CCN7c8cc(-c9ccccc9O)nnc8NC[C@H]7C6)C5)CC4)cc3C2=O)C(=O)N1. The number of nitrogens with one attached hydrogen (secondary N) is 2. The van der Waals surface area contributed by atoms with Gasteiger partial charge in [0.05, 0.1) is 28.6 Å². The van der Waals surface area contributed by atoms with Gasteiger partial charge < -0.3 is 25.1 Å². The van der Waals surface area contributed by atoms with E-state index in [9.17, 15) is 24.3 Å². The number of imide groups is 2. The predicted octanol–water partition coefficient (Wildman–Crippen LogP) is 1.06. The Labute approximate surface area is 307 Å². The van der Waals surface area contributed by atoms with E-state index in [1.54, 1.807) is 18.2 Å². The van der Waals surface area contributed by atoms with Gasteiger partial charge in [0.2, 0.25) is 11.8 Å². The van der Waals surface area contributed by atoms with E-state index in [2.05, 4.69) is 45.3 Å². The molecular formula is C38H44N10O5. The molecule has 0 bridgehead atoms. The van der Waals surface area contributed by atoms with E-state index in [0.29, 0.717) is 34.5 Å². The molecule has 4 saturated heterocycles. The van der Waals surface area contributed by atoms with Gasteiger partial charge in [-0.1, -0.05) is 12.1 Å². The normalized spacial score (nSPS) is 25.3. The lowest BCUT2D eigenvalue weighted by atomic mass is 10.0. The van der Waals surface area contributed by atoms with Gasteiger partial charge in [-0.3, -0.25) is 39.2 Å². The van der Waals surface area contributed by atoms with Crippen molar-refractivity contribution in [1.29, 1.82) is 0 Å². The number of piperazine rings is 2. The number of phenolic OH excluding ortho intramolecular Hbond substituents is 1. The number of rotatable bonds is 7. The molecule has 0 radical (unpaired) electrons. The Morgan fingerprint density at radius 2 is 1.53 bits per heavy atom. The summed E-state index contributed by atoms with van der Waals surface area (Å²) in [4.78, 5) is 64.0. The molecule has 6 aliphatic rings. The Morgan fingerprint density at radius 3 is 2.34 bits per heavy atom. The number of hydrogen-bond acceptors (Lipinski definition) is 13. The van der Waals surface area contributed by atoms with Crippen molar-refractivity contribution in [3.63, 3.8) is 0 Å². The Balaban J connectivity index is 0.750. The number of anilines is 3. The molecule has 0 spiro atoms. The first-order chi connectivity index (χ1) is 25.8. The van der Waals surface area contributed by atoms with Crippen molar-refractivity contribution in [3.05, 3.63) is 59.7 Å². The molecule has 15 heteroatoms. The van der Waals surface area contributed by atoms with Gasteiger partial charge in [0.1, 0.15) is 11.8 Å². The molecule has 6 aliphatic heterocycles. The second kappa shape index (κ2) is 13.7. The maximum Gasteiger partial charge on any atom is 0.262 e. The van der Waals surface area contributed by atoms with Crippen LogP contribution in [-0.4, -0.2) is 155 Å². The van der Waals surface area contributed by atoms with E-state index in [0.717, 1.165) is 107 Å². The third-order valence-corrected chi connectivity index (χ3v) is 11.9. The molecule has 3 N–H and O–H groups in total. The van der Waals surface area contributed by atoms with Crippen LogP contribution < -0.4 is 20.4 Å². The molecule has 15 nitrogen and oxygen atoms in total. The fourth-order valence-corrected chi connectivity index (χ4v) is 8.97. The van der Waals surface area contributed by atoms with Crippen LogP contribution in [0.2, 0.25) is 0 Å². The topological polar surface area (TPSA) is 158 Å². The fourth-order valence-electron chi connectivity index (χ4n) is 8.97. The number of hydrogen-bond donors (Lipinski definition) is 3. The molecular weight excluding hydrogens is 676 g/mol. The first kappa shape index (κ1) is 33.7. The van der Waals surface area contributed by atoms with Gasteiger partial charge in [0, 0.05) is 95.7 Å². The zero-order valence-electron chi connectivity index (χ0n) is 29.6. The third-order valence-electron chi connectivity index (χ3n) is 11.9. The largest absolute Gasteiger partial charge is 0.507 e. The number of piperidine rings is 1. The monoisotopic (exact) mass is 720 g/mol. The van der Waals surface area contributed by atoms with Crippen LogP contribution >= 0.6 is 0 Å². The molecule has 1 aromatic heterocycles. The van der Waals surface area contributed by atoms with E-state index in [1.165, 1.54) is 0 Å². The molecule has 3 aromatic rings. The first-order valence-electron chi connectivity index (χ1n) is 18.8. The number of nitrogens with zero attached hydrogens (tertiary/aromatic N) is 8. The van der Waals surface area contributed by atoms with Crippen LogP contribution in [0.1, 0.15) is 40.0 Å². The second-order valence-corrected chi connectivity index (χ2v) is 15.0. The molecule has 4 amide bonds. The van der Waals surface area contributed by atoms with E-state index < -0.39 is 23.8 Å². The highest BCUT2D eigenvalue weighted by Crippen LogP contribution is 2.36. The minimum absolute atomic E-state index is 0.102. The molecule has 7 heterocycles. The van der Waals surface area contributed by atoms with Crippen molar-refractivity contribution in [3.8, 4) is 17.0 Å². The van der Waals surface area contributed by atoms with E-state index in [-0.39, 0.29) is 24.5 Å². The molecule has 0 aliphatic carbocycles. The average molecular weight is 721 g/mol. The van der Waals surface area contributed by atoms with Crippen molar-refractivity contribution < 1.29 is 24.3 Å². The molecule has 3 atom stereocenters. The van der Waals surface area contributed by atoms with Gasteiger partial charge in [-0.2, -0.15) is 0 Å². The Hall–Kier alpha value is -5.12. The lowest BCUT2D eigenvalue weighted by molar-refractivity contribution is -0.136. The minimum atomic E-state index is -0.960. The van der Waals surface area contributed by atoms with Crippen molar-refractivity contribution in [2.75, 3.05) is 93.7 Å². The molecule has 4 fully saturated rings. The highest BCUT2D eigenvalue weighted by Gasteiger charge is 2.45. The van der Waals surface area contributed by atoms with Crippen molar-refractivity contribution in [1.82, 2.24) is 35.1 Å². The zero-order valence-corrected chi connectivity index (χ0v) is 29.6. The van der Waals surface area contributed by atoms with Crippen LogP contribution in [0, 0.1) is 0 Å². The molecule has 53 heavy (non-hydrogen) atoms. The van der Waals surface area contributed by atoms with E-state index >= 15 is 0 Å². The van der Waals surface area contributed by atoms with E-state index in [4.69, 9.17) is 0 Å². The van der Waals surface area contributed by atoms with Crippen molar-refractivity contribution in [2.24, 2.45) is 0 Å². The number of phenols is 1. The molecule has 276 valence electrons. The summed E-state index contributed by atoms with van der Waals surface area (Å²) < 4.78 is 0. The predicted molar refractivity (Wildman–Crippen MR) is 197 cm³/mol. The number of carbonyl (C=O) groups is 4. The van der Waals surface area contributed by atoms with Crippen LogP contribution in [-0.2, 0) is 9.59 Å². The standard InChI is InChI=1S/C38H44N10O5/c49-33-4-2-1-3-28(33)30-20-32-35(42-41-30)39-21-26-23-44(13-18-47(26)32)12-11-43-10-9-25(22-43)46-16-14-45(15-17-46)24-5-6-27-29(19-24)38(53)48(37(27)52)31-7-8-34(50)40-36(31)51/h1-6,19-20,25-26,31,49H,7-18,21-23H2,(H,39,42)(H,40,50,51)/t25?,26-,31?/m0/s1. The minimum Gasteiger partial charge on any atom is -0.507 e. The molecule has 9 rings (SSSR count). The van der Waals surface area contributed by atoms with Crippen LogP contribution in [0.15, 0.2) is 48.5 Å². The van der Waals surface area contributed by atoms with Gasteiger partial charge in [-0.25, -0.2) is 0 Å². The number of benzene rings is 2. The number of likely N-dealkylation sites (tertiary alicyclic amines) is 1. The summed E-state index contributed by atoms with van der Waals surface area (Å²) in [6.07, 6.45) is 1.41. The number of fused-ring (bicyclic) bond motifs is 4. The van der Waals surface area contributed by atoms with E-state index in [1.807, 2.05) is 30.3 Å². The van der Waals surface area contributed by atoms with Gasteiger partial charge >= 0.3 is 0 Å². The number of para-hydroxylation sites is 1. The fraction of sp³-hybridized carbons (Fsp3) is 0.474. The highest BCUT2D eigenvalue weighted by atomic mass is 16.3. The summed E-state index contributed by atoms with van der Waals surface area (Å²) >= 11 is 0. The smallest absolute Gasteiger partial charge is 0.262 e. The Bertz CT molecular complexity index is 1970. The van der Waals surface area contributed by atoms with Crippen LogP contribution in [0.3, 0.4) is 0 Å². The highest BCUT2D eigenvalue weighted by molar-refractivity contribution is 6.23. The molecule has 2 unspecified atom stereocenters. The van der Waals surface area contributed by atoms with Gasteiger partial charge in [-0.05, 0) is 55.8 Å². The quantitative estimate of drug-likeness (QED) is 0.298. The summed E-state index contributed by atoms with van der Waals surface area (Å²) in [5.74, 6) is -0.919. The van der Waals surface area contributed by atoms with Gasteiger partial charge in [-0.15, -0.1) is 10.2 Å². The number of amides is 4. The summed E-state index contributed by atoms with van der Waals surface area (Å²) in [5.41, 5.74) is 3.95. The summed E-state index contributed by atoms with van der Waals surface area (Å²) in [7, 11) is 0. The Kier molecular flexibility index (Phi) is 8.71. The summed E-state index contributed by atoms with van der Waals surface area (Å²) in [6, 6.07) is 14.6. The molecule has 0 saturated carbocycles. The summed E-state index contributed by atoms with van der Waals surface area (Å²) in [5, 5.41) is 24.9. The lowest BCUT2D eigenvalue weighted by Gasteiger charge is -2.46. The van der Waals surface area contributed by atoms with Crippen LogP contribution in [0.4, 0.5) is 17.2 Å². The number of carbonyl (C=O) groups excluding carboxylic acids is 4. The average Bonchev–Trinajstić information content (AvgIpc) is 3.75.